The number of carbonyl (C=O) groups is 1. The van der Waals surface area contributed by atoms with Gasteiger partial charge in [-0.2, -0.15) is 0 Å². The zero-order chi connectivity index (χ0) is 16.2. The number of carboxylic acids is 1. The number of nitrogens with zero attached hydrogens (tertiary/aromatic N) is 1. The summed E-state index contributed by atoms with van der Waals surface area (Å²) in [4.78, 5) is 16.0. The van der Waals surface area contributed by atoms with Crippen molar-refractivity contribution in [2.75, 3.05) is 0 Å². The van der Waals surface area contributed by atoms with Gasteiger partial charge in [0.25, 0.3) is 0 Å². The minimum Gasteiger partial charge on any atom is -0.478 e. The lowest BCUT2D eigenvalue weighted by Gasteiger charge is -2.05. The van der Waals surface area contributed by atoms with Crippen molar-refractivity contribution >= 4 is 38.9 Å². The average Bonchev–Trinajstić information content (AvgIpc) is 2.55. The zero-order valence-corrected chi connectivity index (χ0v) is 13.8. The van der Waals surface area contributed by atoms with E-state index in [1.807, 2.05) is 42.5 Å². The average molecular weight is 368 g/mol. The summed E-state index contributed by atoms with van der Waals surface area (Å²) in [6, 6.07) is 17.2. The highest BCUT2D eigenvalue weighted by molar-refractivity contribution is 9.10. The van der Waals surface area contributed by atoms with Gasteiger partial charge < -0.3 is 5.11 Å². The third-order valence-electron chi connectivity index (χ3n) is 3.51. The van der Waals surface area contributed by atoms with Gasteiger partial charge in [0.2, 0.25) is 0 Å². The Balaban J connectivity index is 1.95. The molecular weight excluding hydrogens is 354 g/mol. The summed E-state index contributed by atoms with van der Waals surface area (Å²) in [5.74, 6) is -0.951. The van der Waals surface area contributed by atoms with Gasteiger partial charge in [-0.3, -0.25) is 0 Å². The van der Waals surface area contributed by atoms with Gasteiger partial charge in [-0.15, -0.1) is 0 Å². The molecule has 114 valence electrons. The van der Waals surface area contributed by atoms with E-state index < -0.39 is 5.97 Å². The Bertz CT molecular complexity index is 889. The first-order valence-corrected chi connectivity index (χ1v) is 7.97. The zero-order valence-electron chi connectivity index (χ0n) is 12.2. The highest BCUT2D eigenvalue weighted by atomic mass is 79.9. The molecule has 0 aliphatic carbocycles. The number of aromatic carboxylic acids is 1. The molecule has 2 aromatic carbocycles. The molecule has 0 saturated carbocycles. The second kappa shape index (κ2) is 6.75. The molecule has 0 amide bonds. The third-order valence-corrected chi connectivity index (χ3v) is 4.00. The summed E-state index contributed by atoms with van der Waals surface area (Å²) < 4.78 is 0.835. The van der Waals surface area contributed by atoms with Crippen LogP contribution in [0.4, 0.5) is 0 Å². The van der Waals surface area contributed by atoms with Crippen LogP contribution >= 0.6 is 15.9 Å². The van der Waals surface area contributed by atoms with Crippen molar-refractivity contribution in [1.82, 2.24) is 4.98 Å². The number of aromatic nitrogens is 1. The Morgan fingerprint density at radius 3 is 2.65 bits per heavy atom. The van der Waals surface area contributed by atoms with Crippen molar-refractivity contribution in [2.45, 2.75) is 6.42 Å². The van der Waals surface area contributed by atoms with Crippen LogP contribution in [0.15, 0.2) is 65.1 Å². The maximum atomic E-state index is 11.5. The molecule has 4 heteroatoms. The van der Waals surface area contributed by atoms with E-state index in [1.165, 1.54) is 5.56 Å². The molecule has 1 N–H and O–H groups in total. The van der Waals surface area contributed by atoms with Crippen LogP contribution in [-0.2, 0) is 6.42 Å². The fraction of sp³-hybridized carbons (Fsp3) is 0.0526. The molecule has 0 bridgehead atoms. The van der Waals surface area contributed by atoms with E-state index in [0.717, 1.165) is 10.9 Å². The summed E-state index contributed by atoms with van der Waals surface area (Å²) in [6.07, 6.45) is 4.64. The summed E-state index contributed by atoms with van der Waals surface area (Å²) >= 11 is 3.37. The van der Waals surface area contributed by atoms with Gasteiger partial charge in [-0.25, -0.2) is 9.78 Å². The van der Waals surface area contributed by atoms with Crippen molar-refractivity contribution in [3.8, 4) is 0 Å². The molecule has 3 rings (SSSR count). The smallest absolute Gasteiger partial charge is 0.336 e. The number of rotatable bonds is 4. The number of hydrogen-bond acceptors (Lipinski definition) is 2. The molecule has 0 saturated heterocycles. The molecule has 0 spiro atoms. The topological polar surface area (TPSA) is 50.2 Å². The van der Waals surface area contributed by atoms with Gasteiger partial charge in [0.05, 0.1) is 16.8 Å². The summed E-state index contributed by atoms with van der Waals surface area (Å²) in [6.45, 7) is 0. The Labute approximate surface area is 142 Å². The van der Waals surface area contributed by atoms with Crippen LogP contribution in [0.1, 0.15) is 21.6 Å². The number of halogens is 1. The number of pyridine rings is 1. The predicted molar refractivity (Wildman–Crippen MR) is 95.6 cm³/mol. The summed E-state index contributed by atoms with van der Waals surface area (Å²) in [5.41, 5.74) is 2.78. The Hall–Kier alpha value is -2.46. The second-order valence-electron chi connectivity index (χ2n) is 5.15. The Morgan fingerprint density at radius 1 is 1.13 bits per heavy atom. The maximum Gasteiger partial charge on any atom is 0.336 e. The van der Waals surface area contributed by atoms with Crippen molar-refractivity contribution in [3.05, 3.63) is 82.0 Å². The maximum absolute atomic E-state index is 11.5. The highest BCUT2D eigenvalue weighted by Gasteiger charge is 2.11. The molecule has 1 aromatic heterocycles. The van der Waals surface area contributed by atoms with Crippen LogP contribution in [-0.4, -0.2) is 16.1 Å². The molecule has 0 atom stereocenters. The van der Waals surface area contributed by atoms with Crippen LogP contribution in [0.5, 0.6) is 0 Å². The number of benzene rings is 2. The standard InChI is InChI=1S/C19H14BrNO2/c20-14-9-10-18-16(11-14)17(19(22)23)12-15(21-18)8-4-7-13-5-2-1-3-6-13/h1-6,8-12H,7H2,(H,22,23)/b8-4+. The number of hydrogen-bond donors (Lipinski definition) is 1. The van der Waals surface area contributed by atoms with Crippen molar-refractivity contribution < 1.29 is 9.90 Å². The van der Waals surface area contributed by atoms with E-state index in [-0.39, 0.29) is 5.56 Å². The fourth-order valence-corrected chi connectivity index (χ4v) is 2.77. The van der Waals surface area contributed by atoms with E-state index in [2.05, 4.69) is 33.0 Å². The molecule has 3 nitrogen and oxygen atoms in total. The van der Waals surface area contributed by atoms with Gasteiger partial charge in [0.1, 0.15) is 0 Å². The van der Waals surface area contributed by atoms with Crippen LogP contribution in [0.25, 0.3) is 17.0 Å². The predicted octanol–water partition coefficient (Wildman–Crippen LogP) is 4.95. The molecule has 0 fully saturated rings. The fourth-order valence-electron chi connectivity index (χ4n) is 2.41. The quantitative estimate of drug-likeness (QED) is 0.709. The second-order valence-corrected chi connectivity index (χ2v) is 6.07. The van der Waals surface area contributed by atoms with Crippen LogP contribution < -0.4 is 0 Å². The molecule has 0 aliphatic rings. The molecule has 3 aromatic rings. The lowest BCUT2D eigenvalue weighted by Crippen LogP contribution is -2.00. The lowest BCUT2D eigenvalue weighted by atomic mass is 10.1. The molecule has 1 heterocycles. The van der Waals surface area contributed by atoms with Gasteiger partial charge in [-0.1, -0.05) is 52.3 Å². The molecule has 23 heavy (non-hydrogen) atoms. The van der Waals surface area contributed by atoms with Crippen molar-refractivity contribution in [1.29, 1.82) is 0 Å². The van der Waals surface area contributed by atoms with Crippen LogP contribution in [0.3, 0.4) is 0 Å². The summed E-state index contributed by atoms with van der Waals surface area (Å²) in [7, 11) is 0. The Morgan fingerprint density at radius 2 is 1.91 bits per heavy atom. The van der Waals surface area contributed by atoms with E-state index in [9.17, 15) is 9.90 Å². The van der Waals surface area contributed by atoms with Crippen LogP contribution in [0.2, 0.25) is 0 Å². The number of allylic oxidation sites excluding steroid dienone is 1. The molecule has 0 aliphatic heterocycles. The lowest BCUT2D eigenvalue weighted by molar-refractivity contribution is 0.0699. The molecular formula is C19H14BrNO2. The first-order valence-electron chi connectivity index (χ1n) is 7.17. The van der Waals surface area contributed by atoms with E-state index in [1.54, 1.807) is 12.1 Å². The van der Waals surface area contributed by atoms with Gasteiger partial charge in [0, 0.05) is 9.86 Å². The normalized spacial score (nSPS) is 11.2. The van der Waals surface area contributed by atoms with E-state index >= 15 is 0 Å². The van der Waals surface area contributed by atoms with E-state index in [4.69, 9.17) is 0 Å². The minimum absolute atomic E-state index is 0.260. The van der Waals surface area contributed by atoms with Crippen molar-refractivity contribution in [3.63, 3.8) is 0 Å². The van der Waals surface area contributed by atoms with Crippen molar-refractivity contribution in [2.24, 2.45) is 0 Å². The highest BCUT2D eigenvalue weighted by Crippen LogP contribution is 2.23. The first kappa shape index (κ1) is 15.4. The summed E-state index contributed by atoms with van der Waals surface area (Å²) in [5, 5.41) is 10.1. The first-order chi connectivity index (χ1) is 11.1. The van der Waals surface area contributed by atoms with Gasteiger partial charge >= 0.3 is 5.97 Å². The van der Waals surface area contributed by atoms with Gasteiger partial charge in [0.15, 0.2) is 0 Å². The number of carboxylic acid groups (broad SMARTS) is 1. The molecule has 0 radical (unpaired) electrons. The number of fused-ring (bicyclic) bond motifs is 1. The van der Waals surface area contributed by atoms with E-state index in [0.29, 0.717) is 16.6 Å². The SMILES string of the molecule is O=C(O)c1cc(/C=C/Cc2ccccc2)nc2ccc(Br)cc12. The van der Waals surface area contributed by atoms with Crippen LogP contribution in [0, 0.1) is 0 Å². The van der Waals surface area contributed by atoms with Gasteiger partial charge in [-0.05, 0) is 42.3 Å². The monoisotopic (exact) mass is 367 g/mol. The third kappa shape index (κ3) is 3.66. The Kier molecular flexibility index (Phi) is 4.53. The minimum atomic E-state index is -0.951. The largest absolute Gasteiger partial charge is 0.478 e. The molecule has 0 unspecified atom stereocenters.